The first-order chi connectivity index (χ1) is 6.38. The minimum atomic E-state index is 0.575. The summed E-state index contributed by atoms with van der Waals surface area (Å²) in [6, 6.07) is 0.985. The molecule has 13 heavy (non-hydrogen) atoms. The summed E-state index contributed by atoms with van der Waals surface area (Å²) in [6.45, 7) is 3.98. The van der Waals surface area contributed by atoms with E-state index in [0.717, 1.165) is 6.04 Å². The van der Waals surface area contributed by atoms with Gasteiger partial charge in [0.25, 0.3) is 0 Å². The van der Waals surface area contributed by atoms with Crippen molar-refractivity contribution in [3.05, 3.63) is 0 Å². The van der Waals surface area contributed by atoms with Gasteiger partial charge in [-0.05, 0) is 45.1 Å². The SMILES string of the molecule is C1CNC2(C1)CCN(C1CC1)CC2. The van der Waals surface area contributed by atoms with Crippen LogP contribution in [0.4, 0.5) is 0 Å². The van der Waals surface area contributed by atoms with E-state index in [1.165, 1.54) is 58.2 Å². The molecule has 3 aliphatic rings. The summed E-state index contributed by atoms with van der Waals surface area (Å²) in [5.74, 6) is 0. The molecule has 3 fully saturated rings. The van der Waals surface area contributed by atoms with Crippen LogP contribution in [0.5, 0.6) is 0 Å². The van der Waals surface area contributed by atoms with Crippen molar-refractivity contribution in [2.45, 2.75) is 50.1 Å². The third-order valence-corrected chi connectivity index (χ3v) is 4.15. The molecule has 2 heteroatoms. The van der Waals surface area contributed by atoms with E-state index in [9.17, 15) is 0 Å². The Morgan fingerprint density at radius 1 is 1.08 bits per heavy atom. The van der Waals surface area contributed by atoms with Crippen LogP contribution in [0.3, 0.4) is 0 Å². The van der Waals surface area contributed by atoms with Gasteiger partial charge in [0.2, 0.25) is 0 Å². The van der Waals surface area contributed by atoms with Crippen LogP contribution in [0.15, 0.2) is 0 Å². The van der Waals surface area contributed by atoms with Crippen molar-refractivity contribution in [1.29, 1.82) is 0 Å². The van der Waals surface area contributed by atoms with Crippen molar-refractivity contribution in [3.8, 4) is 0 Å². The van der Waals surface area contributed by atoms with Gasteiger partial charge in [-0.15, -0.1) is 0 Å². The zero-order valence-electron chi connectivity index (χ0n) is 8.39. The first kappa shape index (κ1) is 8.25. The van der Waals surface area contributed by atoms with Gasteiger partial charge in [0.15, 0.2) is 0 Å². The minimum absolute atomic E-state index is 0.575. The van der Waals surface area contributed by atoms with E-state index in [4.69, 9.17) is 0 Å². The molecule has 0 aromatic heterocycles. The molecule has 0 aromatic rings. The number of nitrogens with zero attached hydrogens (tertiary/aromatic N) is 1. The highest BCUT2D eigenvalue weighted by molar-refractivity contribution is 4.99. The Bertz CT molecular complexity index is 182. The van der Waals surface area contributed by atoms with Gasteiger partial charge in [-0.1, -0.05) is 0 Å². The van der Waals surface area contributed by atoms with E-state index in [1.807, 2.05) is 0 Å². The predicted molar refractivity (Wildman–Crippen MR) is 53.8 cm³/mol. The highest BCUT2D eigenvalue weighted by Crippen LogP contribution is 2.35. The molecule has 0 bridgehead atoms. The maximum absolute atomic E-state index is 3.73. The van der Waals surface area contributed by atoms with Gasteiger partial charge in [0, 0.05) is 24.7 Å². The van der Waals surface area contributed by atoms with Crippen LogP contribution >= 0.6 is 0 Å². The molecule has 2 nitrogen and oxygen atoms in total. The lowest BCUT2D eigenvalue weighted by molar-refractivity contribution is 0.142. The first-order valence-corrected chi connectivity index (χ1v) is 5.87. The molecule has 2 saturated heterocycles. The summed E-state index contributed by atoms with van der Waals surface area (Å²) < 4.78 is 0. The standard InChI is InChI=1S/C11H20N2/c1-4-11(12-7-1)5-8-13(9-6-11)10-2-3-10/h10,12H,1-9H2. The molecule has 1 N–H and O–H groups in total. The number of hydrogen-bond acceptors (Lipinski definition) is 2. The third-order valence-electron chi connectivity index (χ3n) is 4.15. The zero-order chi connectivity index (χ0) is 8.73. The molecule has 0 aromatic carbocycles. The molecule has 1 spiro atoms. The van der Waals surface area contributed by atoms with Crippen LogP contribution in [-0.2, 0) is 0 Å². The number of piperidine rings is 1. The molecule has 1 aliphatic carbocycles. The van der Waals surface area contributed by atoms with Crippen molar-refractivity contribution in [2.24, 2.45) is 0 Å². The van der Waals surface area contributed by atoms with Crippen molar-refractivity contribution >= 4 is 0 Å². The number of likely N-dealkylation sites (tertiary alicyclic amines) is 1. The molecule has 2 aliphatic heterocycles. The lowest BCUT2D eigenvalue weighted by Crippen LogP contribution is -2.50. The topological polar surface area (TPSA) is 15.3 Å². The largest absolute Gasteiger partial charge is 0.311 e. The van der Waals surface area contributed by atoms with E-state index in [-0.39, 0.29) is 0 Å². The Balaban J connectivity index is 1.59. The second-order valence-electron chi connectivity index (χ2n) is 5.08. The van der Waals surface area contributed by atoms with Gasteiger partial charge in [0.05, 0.1) is 0 Å². The fourth-order valence-corrected chi connectivity index (χ4v) is 3.05. The lowest BCUT2D eigenvalue weighted by atomic mass is 9.86. The molecule has 1 saturated carbocycles. The van der Waals surface area contributed by atoms with Crippen LogP contribution in [-0.4, -0.2) is 36.1 Å². The van der Waals surface area contributed by atoms with E-state index in [2.05, 4.69) is 10.2 Å². The summed E-state index contributed by atoms with van der Waals surface area (Å²) in [5, 5.41) is 3.73. The van der Waals surface area contributed by atoms with Gasteiger partial charge >= 0.3 is 0 Å². The molecular formula is C11H20N2. The maximum Gasteiger partial charge on any atom is 0.0206 e. The van der Waals surface area contributed by atoms with Crippen LogP contribution in [0.1, 0.15) is 38.5 Å². The van der Waals surface area contributed by atoms with Crippen molar-refractivity contribution in [1.82, 2.24) is 10.2 Å². The molecule has 0 radical (unpaired) electrons. The van der Waals surface area contributed by atoms with Gasteiger partial charge in [-0.2, -0.15) is 0 Å². The average molecular weight is 180 g/mol. The minimum Gasteiger partial charge on any atom is -0.311 e. The number of nitrogens with one attached hydrogen (secondary N) is 1. The summed E-state index contributed by atoms with van der Waals surface area (Å²) in [7, 11) is 0. The van der Waals surface area contributed by atoms with Crippen molar-refractivity contribution in [2.75, 3.05) is 19.6 Å². The van der Waals surface area contributed by atoms with E-state index < -0.39 is 0 Å². The number of hydrogen-bond donors (Lipinski definition) is 1. The normalized spacial score (nSPS) is 34.2. The summed E-state index contributed by atoms with van der Waals surface area (Å²) in [5.41, 5.74) is 0.575. The van der Waals surface area contributed by atoms with Crippen LogP contribution in [0.2, 0.25) is 0 Å². The molecule has 2 heterocycles. The second kappa shape index (κ2) is 2.96. The Hall–Kier alpha value is -0.0800. The lowest BCUT2D eigenvalue weighted by Gasteiger charge is -2.39. The Morgan fingerprint density at radius 3 is 2.38 bits per heavy atom. The summed E-state index contributed by atoms with van der Waals surface area (Å²) in [4.78, 5) is 2.71. The van der Waals surface area contributed by atoms with E-state index >= 15 is 0 Å². The highest BCUT2D eigenvalue weighted by atomic mass is 15.2. The first-order valence-electron chi connectivity index (χ1n) is 5.87. The fraction of sp³-hybridized carbons (Fsp3) is 1.00. The Kier molecular flexibility index (Phi) is 1.88. The number of rotatable bonds is 1. The zero-order valence-corrected chi connectivity index (χ0v) is 8.39. The molecule has 0 unspecified atom stereocenters. The maximum atomic E-state index is 3.73. The van der Waals surface area contributed by atoms with Crippen LogP contribution < -0.4 is 5.32 Å². The van der Waals surface area contributed by atoms with Gasteiger partial charge in [-0.25, -0.2) is 0 Å². The summed E-state index contributed by atoms with van der Waals surface area (Å²) >= 11 is 0. The van der Waals surface area contributed by atoms with Crippen molar-refractivity contribution in [3.63, 3.8) is 0 Å². The second-order valence-corrected chi connectivity index (χ2v) is 5.08. The van der Waals surface area contributed by atoms with Gasteiger partial charge < -0.3 is 10.2 Å². The average Bonchev–Trinajstić information content (AvgIpc) is 2.91. The molecular weight excluding hydrogens is 160 g/mol. The molecule has 0 atom stereocenters. The quantitative estimate of drug-likeness (QED) is 0.655. The smallest absolute Gasteiger partial charge is 0.0206 e. The Morgan fingerprint density at radius 2 is 1.85 bits per heavy atom. The predicted octanol–water partition coefficient (Wildman–Crippen LogP) is 1.37. The van der Waals surface area contributed by atoms with Gasteiger partial charge in [0.1, 0.15) is 0 Å². The summed E-state index contributed by atoms with van der Waals surface area (Å²) in [6.07, 6.45) is 8.60. The van der Waals surface area contributed by atoms with E-state index in [1.54, 1.807) is 0 Å². The monoisotopic (exact) mass is 180 g/mol. The van der Waals surface area contributed by atoms with Crippen molar-refractivity contribution < 1.29 is 0 Å². The fourth-order valence-electron chi connectivity index (χ4n) is 3.05. The van der Waals surface area contributed by atoms with Crippen LogP contribution in [0, 0.1) is 0 Å². The highest BCUT2D eigenvalue weighted by Gasteiger charge is 2.40. The van der Waals surface area contributed by atoms with Crippen LogP contribution in [0.25, 0.3) is 0 Å². The molecule has 74 valence electrons. The van der Waals surface area contributed by atoms with E-state index in [0.29, 0.717) is 5.54 Å². The molecule has 3 rings (SSSR count). The third kappa shape index (κ3) is 1.50. The van der Waals surface area contributed by atoms with Gasteiger partial charge in [-0.3, -0.25) is 0 Å². The Labute approximate surface area is 80.7 Å². The molecule has 0 amide bonds.